The zero-order chi connectivity index (χ0) is 14.4. The Balaban J connectivity index is 0.000000704. The summed E-state index contributed by atoms with van der Waals surface area (Å²) in [5.74, 6) is 0. The Morgan fingerprint density at radius 1 is 0.950 bits per heavy atom. The first kappa shape index (κ1) is 13.9. The van der Waals surface area contributed by atoms with Gasteiger partial charge in [-0.25, -0.2) is 4.98 Å². The molecule has 3 aromatic rings. The van der Waals surface area contributed by atoms with Crippen LogP contribution in [0.5, 0.6) is 0 Å². The zero-order valence-electron chi connectivity index (χ0n) is 11.2. The molecule has 0 saturated carbocycles. The average molecular weight is 265 g/mol. The van der Waals surface area contributed by atoms with Crippen molar-refractivity contribution < 1.29 is 9.90 Å². The molecule has 1 N–H and O–H groups in total. The smallest absolute Gasteiger partial charge is 0.150 e. The van der Waals surface area contributed by atoms with E-state index in [0.717, 1.165) is 35.6 Å². The fourth-order valence-corrected chi connectivity index (χ4v) is 1.98. The molecule has 0 spiro atoms. The molecule has 0 aliphatic carbocycles. The molecule has 3 heteroatoms. The summed E-state index contributed by atoms with van der Waals surface area (Å²) in [6.07, 6.45) is 0.844. The predicted molar refractivity (Wildman–Crippen MR) is 80.7 cm³/mol. The van der Waals surface area contributed by atoms with Gasteiger partial charge in [-0.05, 0) is 12.1 Å². The number of fused-ring (bicyclic) bond motifs is 1. The Kier molecular flexibility index (Phi) is 4.58. The molecule has 0 aliphatic rings. The van der Waals surface area contributed by atoms with E-state index in [1.165, 1.54) is 0 Å². The van der Waals surface area contributed by atoms with E-state index in [0.29, 0.717) is 5.56 Å². The van der Waals surface area contributed by atoms with Crippen molar-refractivity contribution in [2.75, 3.05) is 7.11 Å². The van der Waals surface area contributed by atoms with Crippen LogP contribution in [0.25, 0.3) is 22.2 Å². The van der Waals surface area contributed by atoms with Crippen LogP contribution >= 0.6 is 0 Å². The van der Waals surface area contributed by atoms with E-state index in [2.05, 4.69) is 4.98 Å². The number of aliphatic hydroxyl groups excluding tert-OH is 1. The number of carbonyl (C=O) groups excluding carboxylic acids is 1. The molecule has 20 heavy (non-hydrogen) atoms. The number of aromatic nitrogens is 1. The highest BCUT2D eigenvalue weighted by Gasteiger charge is 2.01. The van der Waals surface area contributed by atoms with Crippen LogP contribution < -0.4 is 0 Å². The average Bonchev–Trinajstić information content (AvgIpc) is 2.56. The lowest BCUT2D eigenvalue weighted by Crippen LogP contribution is -1.87. The SMILES string of the molecule is CO.O=Cc1ccc2ccc(-c3ccccc3)nc2c1. The highest BCUT2D eigenvalue weighted by Crippen LogP contribution is 2.21. The van der Waals surface area contributed by atoms with Crippen LogP contribution in [0.4, 0.5) is 0 Å². The first-order valence-corrected chi connectivity index (χ1v) is 6.23. The summed E-state index contributed by atoms with van der Waals surface area (Å²) in [7, 11) is 1.00. The van der Waals surface area contributed by atoms with Gasteiger partial charge in [0.15, 0.2) is 0 Å². The second-order valence-corrected chi connectivity index (χ2v) is 4.13. The molecule has 3 rings (SSSR count). The lowest BCUT2D eigenvalue weighted by molar-refractivity contribution is 0.112. The molecule has 0 aliphatic heterocycles. The first-order valence-electron chi connectivity index (χ1n) is 6.23. The summed E-state index contributed by atoms with van der Waals surface area (Å²) in [6, 6.07) is 19.6. The van der Waals surface area contributed by atoms with Crippen molar-refractivity contribution in [2.45, 2.75) is 0 Å². The molecule has 0 radical (unpaired) electrons. The summed E-state index contributed by atoms with van der Waals surface area (Å²) in [6.45, 7) is 0. The van der Waals surface area contributed by atoms with Crippen molar-refractivity contribution in [3.05, 3.63) is 66.2 Å². The summed E-state index contributed by atoms with van der Waals surface area (Å²) in [4.78, 5) is 15.4. The van der Waals surface area contributed by atoms with Crippen molar-refractivity contribution >= 4 is 17.2 Å². The van der Waals surface area contributed by atoms with Gasteiger partial charge in [0.2, 0.25) is 0 Å². The van der Waals surface area contributed by atoms with Crippen LogP contribution in [-0.2, 0) is 0 Å². The van der Waals surface area contributed by atoms with Crippen molar-refractivity contribution in [1.82, 2.24) is 4.98 Å². The minimum Gasteiger partial charge on any atom is -0.400 e. The second kappa shape index (κ2) is 6.59. The number of pyridine rings is 1. The third kappa shape index (κ3) is 2.90. The Labute approximate surface area is 117 Å². The van der Waals surface area contributed by atoms with Crippen molar-refractivity contribution in [2.24, 2.45) is 0 Å². The molecule has 0 saturated heterocycles. The molecular formula is C17H15NO2. The van der Waals surface area contributed by atoms with E-state index in [-0.39, 0.29) is 0 Å². The van der Waals surface area contributed by atoms with Gasteiger partial charge < -0.3 is 5.11 Å². The molecule has 0 fully saturated rings. The Morgan fingerprint density at radius 3 is 2.35 bits per heavy atom. The van der Waals surface area contributed by atoms with Gasteiger partial charge in [-0.3, -0.25) is 4.79 Å². The maximum Gasteiger partial charge on any atom is 0.150 e. The van der Waals surface area contributed by atoms with Gasteiger partial charge in [0.05, 0.1) is 11.2 Å². The normalized spacial score (nSPS) is 9.70. The van der Waals surface area contributed by atoms with Crippen LogP contribution in [0.3, 0.4) is 0 Å². The summed E-state index contributed by atoms with van der Waals surface area (Å²) in [5, 5.41) is 8.04. The van der Waals surface area contributed by atoms with Crippen molar-refractivity contribution in [1.29, 1.82) is 0 Å². The van der Waals surface area contributed by atoms with E-state index in [4.69, 9.17) is 5.11 Å². The van der Waals surface area contributed by atoms with Crippen LogP contribution in [-0.4, -0.2) is 23.5 Å². The third-order valence-electron chi connectivity index (χ3n) is 2.92. The Bertz CT molecular complexity index is 709. The lowest BCUT2D eigenvalue weighted by atomic mass is 10.1. The van der Waals surface area contributed by atoms with E-state index < -0.39 is 0 Å². The number of hydrogen-bond acceptors (Lipinski definition) is 3. The van der Waals surface area contributed by atoms with Crippen LogP contribution in [0.1, 0.15) is 10.4 Å². The zero-order valence-corrected chi connectivity index (χ0v) is 11.2. The van der Waals surface area contributed by atoms with Gasteiger partial charge in [-0.1, -0.05) is 48.5 Å². The Hall–Kier alpha value is -2.52. The van der Waals surface area contributed by atoms with Gasteiger partial charge >= 0.3 is 0 Å². The van der Waals surface area contributed by atoms with Crippen LogP contribution in [0.2, 0.25) is 0 Å². The topological polar surface area (TPSA) is 50.2 Å². The molecule has 0 unspecified atom stereocenters. The van der Waals surface area contributed by atoms with Crippen LogP contribution in [0, 0.1) is 0 Å². The van der Waals surface area contributed by atoms with E-state index in [1.807, 2.05) is 54.6 Å². The summed E-state index contributed by atoms with van der Waals surface area (Å²) >= 11 is 0. The molecule has 3 nitrogen and oxygen atoms in total. The van der Waals surface area contributed by atoms with Crippen molar-refractivity contribution in [3.8, 4) is 11.3 Å². The van der Waals surface area contributed by atoms with Crippen LogP contribution in [0.15, 0.2) is 60.7 Å². The number of rotatable bonds is 2. The lowest BCUT2D eigenvalue weighted by Gasteiger charge is -2.03. The fourth-order valence-electron chi connectivity index (χ4n) is 1.98. The van der Waals surface area contributed by atoms with Gasteiger partial charge in [0.1, 0.15) is 6.29 Å². The minimum absolute atomic E-state index is 0.653. The highest BCUT2D eigenvalue weighted by molar-refractivity contribution is 5.87. The first-order chi connectivity index (χ1) is 9.86. The van der Waals surface area contributed by atoms with Gasteiger partial charge in [0.25, 0.3) is 0 Å². The molecule has 0 atom stereocenters. The maximum absolute atomic E-state index is 10.8. The number of hydrogen-bond donors (Lipinski definition) is 1. The second-order valence-electron chi connectivity index (χ2n) is 4.13. The maximum atomic E-state index is 10.8. The number of benzene rings is 2. The summed E-state index contributed by atoms with van der Waals surface area (Å²) in [5.41, 5.74) is 3.50. The molecule has 1 heterocycles. The van der Waals surface area contributed by atoms with E-state index >= 15 is 0 Å². The molecule has 1 aromatic heterocycles. The molecule has 2 aromatic carbocycles. The quantitative estimate of drug-likeness (QED) is 0.723. The van der Waals surface area contributed by atoms with E-state index in [1.54, 1.807) is 6.07 Å². The Morgan fingerprint density at radius 2 is 1.65 bits per heavy atom. The molecule has 0 amide bonds. The predicted octanol–water partition coefficient (Wildman–Crippen LogP) is 3.32. The molecular weight excluding hydrogens is 250 g/mol. The van der Waals surface area contributed by atoms with Gasteiger partial charge in [0, 0.05) is 23.6 Å². The van der Waals surface area contributed by atoms with Crippen molar-refractivity contribution in [3.63, 3.8) is 0 Å². The number of aliphatic hydroxyl groups is 1. The minimum atomic E-state index is 0.653. The number of aldehydes is 1. The number of nitrogens with zero attached hydrogens (tertiary/aromatic N) is 1. The number of carbonyl (C=O) groups is 1. The van der Waals surface area contributed by atoms with Gasteiger partial charge in [-0.15, -0.1) is 0 Å². The standard InChI is InChI=1S/C16H11NO.CH4O/c18-11-12-6-7-14-8-9-15(17-16(14)10-12)13-4-2-1-3-5-13;1-2/h1-11H;2H,1H3. The fraction of sp³-hybridized carbons (Fsp3) is 0.0588. The van der Waals surface area contributed by atoms with E-state index in [9.17, 15) is 4.79 Å². The van der Waals surface area contributed by atoms with Gasteiger partial charge in [-0.2, -0.15) is 0 Å². The highest BCUT2D eigenvalue weighted by atomic mass is 16.2. The summed E-state index contributed by atoms with van der Waals surface area (Å²) < 4.78 is 0. The molecule has 0 bridgehead atoms. The largest absolute Gasteiger partial charge is 0.400 e. The monoisotopic (exact) mass is 265 g/mol. The molecule has 100 valence electrons. The third-order valence-corrected chi connectivity index (χ3v) is 2.92.